The monoisotopic (exact) mass is 335 g/mol. The Morgan fingerprint density at radius 1 is 1.08 bits per heavy atom. The maximum absolute atomic E-state index is 12.6. The Labute approximate surface area is 147 Å². The highest BCUT2D eigenvalue weighted by Gasteiger charge is 2.22. The number of rotatable bonds is 3. The maximum Gasteiger partial charge on any atom is 0.255 e. The summed E-state index contributed by atoms with van der Waals surface area (Å²) in [4.78, 5) is 28.5. The number of benzene rings is 2. The zero-order valence-electron chi connectivity index (χ0n) is 14.3. The van der Waals surface area contributed by atoms with Gasteiger partial charge in [-0.05, 0) is 48.7 Å². The molecule has 5 heteroatoms. The van der Waals surface area contributed by atoms with Gasteiger partial charge in [-0.2, -0.15) is 0 Å². The van der Waals surface area contributed by atoms with Gasteiger partial charge >= 0.3 is 0 Å². The molecule has 1 N–H and O–H groups in total. The van der Waals surface area contributed by atoms with Gasteiger partial charge in [0.1, 0.15) is 0 Å². The summed E-state index contributed by atoms with van der Waals surface area (Å²) in [6.45, 7) is 1.74. The standard InChI is InChI=1S/C20H21N3O2/c1-22-11-9-14-7-8-16(13-18(14)22)21-20(25)15-4-2-5-17(12-15)23-10-3-6-19(23)24/h2,4-5,7-8,12-13H,3,6,9-11H2,1H3,(H,21,25). The molecule has 2 aromatic carbocycles. The molecule has 2 aromatic rings. The summed E-state index contributed by atoms with van der Waals surface area (Å²) in [6.07, 6.45) is 2.50. The van der Waals surface area contributed by atoms with Gasteiger partial charge in [0, 0.05) is 49.2 Å². The van der Waals surface area contributed by atoms with Gasteiger partial charge in [-0.15, -0.1) is 0 Å². The van der Waals surface area contributed by atoms with E-state index in [1.54, 1.807) is 17.0 Å². The zero-order valence-corrected chi connectivity index (χ0v) is 14.3. The van der Waals surface area contributed by atoms with Crippen molar-refractivity contribution in [1.82, 2.24) is 0 Å². The average Bonchev–Trinajstić information content (AvgIpc) is 3.21. The third-order valence-corrected chi connectivity index (χ3v) is 4.96. The molecular formula is C20H21N3O2. The van der Waals surface area contributed by atoms with Gasteiger partial charge in [0.2, 0.25) is 5.91 Å². The normalized spacial score (nSPS) is 16.3. The highest BCUT2D eigenvalue weighted by Crippen LogP contribution is 2.30. The molecule has 5 nitrogen and oxygen atoms in total. The van der Waals surface area contributed by atoms with Crippen molar-refractivity contribution in [2.24, 2.45) is 0 Å². The lowest BCUT2D eigenvalue weighted by Gasteiger charge is -2.17. The molecule has 1 saturated heterocycles. The van der Waals surface area contributed by atoms with Crippen molar-refractivity contribution in [1.29, 1.82) is 0 Å². The van der Waals surface area contributed by atoms with E-state index in [0.29, 0.717) is 12.0 Å². The van der Waals surface area contributed by atoms with E-state index in [0.717, 1.165) is 37.3 Å². The zero-order chi connectivity index (χ0) is 17.4. The molecule has 0 saturated carbocycles. The van der Waals surface area contributed by atoms with Gasteiger partial charge in [0.05, 0.1) is 0 Å². The highest BCUT2D eigenvalue weighted by atomic mass is 16.2. The minimum Gasteiger partial charge on any atom is -0.374 e. The number of anilines is 3. The summed E-state index contributed by atoms with van der Waals surface area (Å²) in [5.41, 5.74) is 4.64. The molecule has 1 fully saturated rings. The van der Waals surface area contributed by atoms with E-state index in [9.17, 15) is 9.59 Å². The predicted octanol–water partition coefficient (Wildman–Crippen LogP) is 3.06. The topological polar surface area (TPSA) is 52.7 Å². The van der Waals surface area contributed by atoms with Crippen LogP contribution in [0.25, 0.3) is 0 Å². The molecule has 0 aliphatic carbocycles. The summed E-state index contributed by atoms with van der Waals surface area (Å²) in [7, 11) is 2.06. The minimum atomic E-state index is -0.158. The molecule has 2 aliphatic rings. The molecule has 0 bridgehead atoms. The number of carbonyl (C=O) groups is 2. The van der Waals surface area contributed by atoms with Crippen LogP contribution in [0.1, 0.15) is 28.8 Å². The van der Waals surface area contributed by atoms with Crippen molar-refractivity contribution >= 4 is 28.9 Å². The molecule has 25 heavy (non-hydrogen) atoms. The number of nitrogens with zero attached hydrogens (tertiary/aromatic N) is 2. The van der Waals surface area contributed by atoms with Gasteiger partial charge < -0.3 is 15.1 Å². The van der Waals surface area contributed by atoms with Crippen LogP contribution in [-0.4, -0.2) is 32.0 Å². The first-order valence-electron chi connectivity index (χ1n) is 8.68. The predicted molar refractivity (Wildman–Crippen MR) is 99.4 cm³/mol. The summed E-state index contributed by atoms with van der Waals surface area (Å²) in [6, 6.07) is 13.3. The number of carbonyl (C=O) groups excluding carboxylic acids is 2. The van der Waals surface area contributed by atoms with E-state index in [1.807, 2.05) is 24.3 Å². The molecule has 2 heterocycles. The first kappa shape index (κ1) is 15.7. The molecule has 2 aliphatic heterocycles. The van der Waals surface area contributed by atoms with Crippen molar-refractivity contribution in [3.05, 3.63) is 53.6 Å². The summed E-state index contributed by atoms with van der Waals surface area (Å²) >= 11 is 0. The first-order chi connectivity index (χ1) is 12.1. The van der Waals surface area contributed by atoms with E-state index in [-0.39, 0.29) is 11.8 Å². The lowest BCUT2D eigenvalue weighted by molar-refractivity contribution is -0.117. The summed E-state index contributed by atoms with van der Waals surface area (Å²) in [5.74, 6) is -0.0340. The number of likely N-dealkylation sites (N-methyl/N-ethyl adjacent to an activating group) is 1. The fraction of sp³-hybridized carbons (Fsp3) is 0.300. The van der Waals surface area contributed by atoms with Gasteiger partial charge in [-0.3, -0.25) is 9.59 Å². The Hall–Kier alpha value is -2.82. The van der Waals surface area contributed by atoms with Crippen LogP contribution < -0.4 is 15.1 Å². The molecule has 0 spiro atoms. The van der Waals surface area contributed by atoms with Gasteiger partial charge in [0.25, 0.3) is 5.91 Å². The molecule has 0 unspecified atom stereocenters. The van der Waals surface area contributed by atoms with Crippen molar-refractivity contribution in [3.63, 3.8) is 0 Å². The third kappa shape index (κ3) is 2.97. The maximum atomic E-state index is 12.6. The number of fused-ring (bicyclic) bond motifs is 1. The second-order valence-corrected chi connectivity index (χ2v) is 6.67. The average molecular weight is 335 g/mol. The number of hydrogen-bond donors (Lipinski definition) is 1. The van der Waals surface area contributed by atoms with Crippen molar-refractivity contribution in [3.8, 4) is 0 Å². The smallest absolute Gasteiger partial charge is 0.255 e. The van der Waals surface area contributed by atoms with E-state index in [2.05, 4.69) is 23.3 Å². The van der Waals surface area contributed by atoms with E-state index in [1.165, 1.54) is 11.3 Å². The Balaban J connectivity index is 1.54. The Morgan fingerprint density at radius 2 is 1.96 bits per heavy atom. The summed E-state index contributed by atoms with van der Waals surface area (Å²) in [5, 5.41) is 2.97. The Bertz CT molecular complexity index is 847. The van der Waals surface area contributed by atoms with Crippen LogP contribution in [-0.2, 0) is 11.2 Å². The second kappa shape index (κ2) is 6.24. The first-order valence-corrected chi connectivity index (χ1v) is 8.68. The molecule has 0 radical (unpaired) electrons. The third-order valence-electron chi connectivity index (χ3n) is 4.96. The lowest BCUT2D eigenvalue weighted by atomic mass is 10.1. The fourth-order valence-corrected chi connectivity index (χ4v) is 3.56. The van der Waals surface area contributed by atoms with Crippen LogP contribution in [0.5, 0.6) is 0 Å². The molecule has 2 amide bonds. The van der Waals surface area contributed by atoms with Crippen LogP contribution >= 0.6 is 0 Å². The van der Waals surface area contributed by atoms with Crippen LogP contribution in [0.15, 0.2) is 42.5 Å². The Morgan fingerprint density at radius 3 is 2.76 bits per heavy atom. The Kier molecular flexibility index (Phi) is 3.92. The van der Waals surface area contributed by atoms with Crippen molar-refractivity contribution in [2.75, 3.05) is 35.3 Å². The van der Waals surface area contributed by atoms with Crippen molar-refractivity contribution in [2.45, 2.75) is 19.3 Å². The number of hydrogen-bond acceptors (Lipinski definition) is 3. The SMILES string of the molecule is CN1CCc2ccc(NC(=O)c3cccc(N4CCCC4=O)c3)cc21. The summed E-state index contributed by atoms with van der Waals surface area (Å²) < 4.78 is 0. The van der Waals surface area contributed by atoms with E-state index >= 15 is 0 Å². The second-order valence-electron chi connectivity index (χ2n) is 6.67. The lowest BCUT2D eigenvalue weighted by Crippen LogP contribution is -2.24. The van der Waals surface area contributed by atoms with Crippen LogP contribution in [0.4, 0.5) is 17.1 Å². The quantitative estimate of drug-likeness (QED) is 0.938. The van der Waals surface area contributed by atoms with Crippen molar-refractivity contribution < 1.29 is 9.59 Å². The van der Waals surface area contributed by atoms with E-state index in [4.69, 9.17) is 0 Å². The number of amides is 2. The molecule has 4 rings (SSSR count). The molecule has 0 atom stereocenters. The molecule has 0 aromatic heterocycles. The largest absolute Gasteiger partial charge is 0.374 e. The van der Waals surface area contributed by atoms with Crippen LogP contribution in [0.2, 0.25) is 0 Å². The van der Waals surface area contributed by atoms with Crippen LogP contribution in [0, 0.1) is 0 Å². The fourth-order valence-electron chi connectivity index (χ4n) is 3.56. The highest BCUT2D eigenvalue weighted by molar-refractivity contribution is 6.06. The minimum absolute atomic E-state index is 0.124. The molecule has 128 valence electrons. The molecular weight excluding hydrogens is 314 g/mol. The van der Waals surface area contributed by atoms with Gasteiger partial charge in [-0.25, -0.2) is 0 Å². The van der Waals surface area contributed by atoms with E-state index < -0.39 is 0 Å². The van der Waals surface area contributed by atoms with Crippen LogP contribution in [0.3, 0.4) is 0 Å². The van der Waals surface area contributed by atoms with Gasteiger partial charge in [-0.1, -0.05) is 12.1 Å². The number of nitrogens with one attached hydrogen (secondary N) is 1. The van der Waals surface area contributed by atoms with Gasteiger partial charge in [0.15, 0.2) is 0 Å².